The summed E-state index contributed by atoms with van der Waals surface area (Å²) in [7, 11) is 1.95. The second kappa shape index (κ2) is 3.23. The fraction of sp³-hybridized carbons (Fsp3) is 0.308. The second-order valence-electron chi connectivity index (χ2n) is 4.11. The van der Waals surface area contributed by atoms with Crippen LogP contribution in [0, 0.1) is 13.8 Å². The summed E-state index contributed by atoms with van der Waals surface area (Å²) in [6, 6.07) is 6.28. The molecule has 0 saturated carbocycles. The fourth-order valence-electron chi connectivity index (χ4n) is 2.24. The largest absolute Gasteiger partial charge is 0.341 e. The Morgan fingerprint density at radius 1 is 1.27 bits per heavy atom. The number of carbonyl (C=O) groups is 1. The topological polar surface area (TPSA) is 22.0 Å². The molecule has 2 nitrogen and oxygen atoms in total. The highest BCUT2D eigenvalue weighted by atomic mass is 16.1. The van der Waals surface area contributed by atoms with Gasteiger partial charge in [0.25, 0.3) is 0 Å². The van der Waals surface area contributed by atoms with Crippen LogP contribution in [0.4, 0.5) is 0 Å². The molecule has 0 atom stereocenters. The van der Waals surface area contributed by atoms with Gasteiger partial charge in [-0.25, -0.2) is 0 Å². The lowest BCUT2D eigenvalue weighted by Gasteiger charge is -2.00. The van der Waals surface area contributed by atoms with E-state index in [1.54, 1.807) is 6.92 Å². The number of benzene rings is 1. The zero-order valence-corrected chi connectivity index (χ0v) is 9.59. The second-order valence-corrected chi connectivity index (χ2v) is 4.11. The molecule has 0 saturated heterocycles. The summed E-state index contributed by atoms with van der Waals surface area (Å²) in [5.74, 6) is 0.129. The number of fused-ring (bicyclic) bond motifs is 1. The average Bonchev–Trinajstić information content (AvgIpc) is 2.39. The first-order valence-corrected chi connectivity index (χ1v) is 5.09. The molecule has 78 valence electrons. The Hall–Kier alpha value is -1.57. The molecule has 0 amide bonds. The van der Waals surface area contributed by atoms with Gasteiger partial charge in [0.15, 0.2) is 5.78 Å². The molecule has 0 bridgehead atoms. The highest BCUT2D eigenvalue weighted by Crippen LogP contribution is 2.25. The Balaban J connectivity index is 2.91. The predicted molar refractivity (Wildman–Crippen MR) is 62.4 cm³/mol. The molecule has 0 fully saturated rings. The molecule has 0 radical (unpaired) electrons. The Morgan fingerprint density at radius 3 is 2.53 bits per heavy atom. The Morgan fingerprint density at radius 2 is 1.93 bits per heavy atom. The summed E-state index contributed by atoms with van der Waals surface area (Å²) < 4.78 is 1.98. The van der Waals surface area contributed by atoms with Gasteiger partial charge in [-0.05, 0) is 31.5 Å². The van der Waals surface area contributed by atoms with Crippen molar-refractivity contribution < 1.29 is 4.79 Å². The van der Waals surface area contributed by atoms with Crippen LogP contribution < -0.4 is 0 Å². The van der Waals surface area contributed by atoms with Gasteiger partial charge in [0.2, 0.25) is 0 Å². The summed E-state index contributed by atoms with van der Waals surface area (Å²) in [5.41, 5.74) is 4.26. The molecule has 2 aromatic rings. The van der Waals surface area contributed by atoms with Gasteiger partial charge in [-0.15, -0.1) is 0 Å². The van der Waals surface area contributed by atoms with Crippen molar-refractivity contribution in [2.24, 2.45) is 7.05 Å². The van der Waals surface area contributed by atoms with Gasteiger partial charge in [-0.2, -0.15) is 0 Å². The first kappa shape index (κ1) is 9.97. The molecule has 0 N–H and O–H groups in total. The van der Waals surface area contributed by atoms with Crippen molar-refractivity contribution in [1.82, 2.24) is 4.57 Å². The van der Waals surface area contributed by atoms with E-state index in [4.69, 9.17) is 0 Å². The van der Waals surface area contributed by atoms with E-state index in [-0.39, 0.29) is 5.78 Å². The third-order valence-electron chi connectivity index (χ3n) is 2.94. The van der Waals surface area contributed by atoms with Crippen LogP contribution in [0.25, 0.3) is 10.9 Å². The Labute approximate surface area is 89.5 Å². The molecular formula is C13H15NO. The van der Waals surface area contributed by atoms with Gasteiger partial charge < -0.3 is 4.57 Å². The lowest BCUT2D eigenvalue weighted by molar-refractivity contribution is 0.101. The molecular weight excluding hydrogens is 186 g/mol. The van der Waals surface area contributed by atoms with E-state index < -0.39 is 0 Å². The van der Waals surface area contributed by atoms with Gasteiger partial charge in [0.05, 0.1) is 5.69 Å². The number of carbonyl (C=O) groups excluding carboxylic acids is 1. The van der Waals surface area contributed by atoms with Gasteiger partial charge in [-0.3, -0.25) is 4.79 Å². The molecule has 2 rings (SSSR count). The summed E-state index contributed by atoms with van der Waals surface area (Å²) in [6.07, 6.45) is 0. The van der Waals surface area contributed by atoms with E-state index in [9.17, 15) is 4.79 Å². The number of nitrogens with zero attached hydrogens (tertiary/aromatic N) is 1. The molecule has 0 spiro atoms. The number of aromatic nitrogens is 1. The molecule has 15 heavy (non-hydrogen) atoms. The van der Waals surface area contributed by atoms with Crippen LogP contribution in [0.5, 0.6) is 0 Å². The number of Topliss-reactive ketones (excluding diaryl/α,β-unsaturated/α-hetero) is 1. The number of rotatable bonds is 1. The first-order valence-electron chi connectivity index (χ1n) is 5.09. The van der Waals surface area contributed by atoms with E-state index in [1.165, 1.54) is 10.9 Å². The third kappa shape index (κ3) is 1.37. The summed E-state index contributed by atoms with van der Waals surface area (Å²) in [5, 5.41) is 1.18. The Kier molecular flexibility index (Phi) is 2.14. The van der Waals surface area contributed by atoms with Gasteiger partial charge in [0.1, 0.15) is 0 Å². The number of hydrogen-bond donors (Lipinski definition) is 0. The van der Waals surface area contributed by atoms with Crippen molar-refractivity contribution in [3.05, 3.63) is 35.0 Å². The predicted octanol–water partition coefficient (Wildman–Crippen LogP) is 3.00. The van der Waals surface area contributed by atoms with E-state index in [0.29, 0.717) is 0 Å². The van der Waals surface area contributed by atoms with Crippen molar-refractivity contribution in [1.29, 1.82) is 0 Å². The van der Waals surface area contributed by atoms with Gasteiger partial charge in [-0.1, -0.05) is 11.6 Å². The van der Waals surface area contributed by atoms with E-state index in [1.807, 2.05) is 18.5 Å². The van der Waals surface area contributed by atoms with Crippen LogP contribution in [0.2, 0.25) is 0 Å². The first-order chi connectivity index (χ1) is 7.02. The van der Waals surface area contributed by atoms with Crippen LogP contribution in [-0.2, 0) is 7.05 Å². The average molecular weight is 201 g/mol. The van der Waals surface area contributed by atoms with Crippen LogP contribution in [0.15, 0.2) is 18.2 Å². The van der Waals surface area contributed by atoms with Crippen LogP contribution in [0.1, 0.15) is 28.5 Å². The van der Waals surface area contributed by atoms with Crippen molar-refractivity contribution >= 4 is 16.7 Å². The van der Waals surface area contributed by atoms with Crippen molar-refractivity contribution in [2.45, 2.75) is 20.8 Å². The molecule has 0 aliphatic carbocycles. The maximum absolute atomic E-state index is 11.5. The number of ketones is 1. The van der Waals surface area contributed by atoms with Gasteiger partial charge >= 0.3 is 0 Å². The van der Waals surface area contributed by atoms with E-state index in [2.05, 4.69) is 25.1 Å². The summed E-state index contributed by atoms with van der Waals surface area (Å²) in [4.78, 5) is 11.5. The smallest absolute Gasteiger partial charge is 0.176 e. The molecule has 0 aliphatic heterocycles. The SMILES string of the molecule is CC(=O)c1c(C)c2cc(C)ccc2n1C. The van der Waals surface area contributed by atoms with Crippen molar-refractivity contribution in [2.75, 3.05) is 0 Å². The van der Waals surface area contributed by atoms with Crippen LogP contribution in [0.3, 0.4) is 0 Å². The minimum absolute atomic E-state index is 0.129. The minimum atomic E-state index is 0.129. The highest BCUT2D eigenvalue weighted by Gasteiger charge is 2.14. The molecule has 0 unspecified atom stereocenters. The zero-order valence-electron chi connectivity index (χ0n) is 9.59. The lowest BCUT2D eigenvalue weighted by atomic mass is 10.1. The molecule has 1 aromatic carbocycles. The molecule has 0 aliphatic rings. The molecule has 1 aromatic heterocycles. The maximum atomic E-state index is 11.5. The van der Waals surface area contributed by atoms with E-state index in [0.717, 1.165) is 16.8 Å². The number of aryl methyl sites for hydroxylation is 3. The van der Waals surface area contributed by atoms with Crippen molar-refractivity contribution in [3.8, 4) is 0 Å². The standard InChI is InChI=1S/C13H15NO/c1-8-5-6-12-11(7-8)9(2)13(10(3)15)14(12)4/h5-7H,1-4H3. The quantitative estimate of drug-likeness (QED) is 0.650. The number of hydrogen-bond acceptors (Lipinski definition) is 1. The lowest BCUT2D eigenvalue weighted by Crippen LogP contribution is -2.02. The monoisotopic (exact) mass is 201 g/mol. The summed E-state index contributed by atoms with van der Waals surface area (Å²) >= 11 is 0. The minimum Gasteiger partial charge on any atom is -0.341 e. The fourth-order valence-corrected chi connectivity index (χ4v) is 2.24. The normalized spacial score (nSPS) is 10.9. The van der Waals surface area contributed by atoms with Crippen LogP contribution >= 0.6 is 0 Å². The zero-order chi connectivity index (χ0) is 11.2. The van der Waals surface area contributed by atoms with Crippen LogP contribution in [-0.4, -0.2) is 10.4 Å². The summed E-state index contributed by atoms with van der Waals surface area (Å²) in [6.45, 7) is 5.70. The molecule has 1 heterocycles. The maximum Gasteiger partial charge on any atom is 0.176 e. The highest BCUT2D eigenvalue weighted by molar-refractivity contribution is 6.01. The third-order valence-corrected chi connectivity index (χ3v) is 2.94. The van der Waals surface area contributed by atoms with Gasteiger partial charge in [0, 0.05) is 24.9 Å². The van der Waals surface area contributed by atoms with E-state index >= 15 is 0 Å². The van der Waals surface area contributed by atoms with Crippen molar-refractivity contribution in [3.63, 3.8) is 0 Å². The molecule has 2 heteroatoms. The Bertz CT molecular complexity index is 549.